The molecule has 2 N–H and O–H groups in total. The molecule has 2 rings (SSSR count). The molecule has 0 unspecified atom stereocenters. The molecule has 0 bridgehead atoms. The van der Waals surface area contributed by atoms with Crippen LogP contribution in [-0.2, 0) is 6.42 Å². The maximum Gasteiger partial charge on any atom is 0.166 e. The van der Waals surface area contributed by atoms with Crippen LogP contribution in [0.1, 0.15) is 17.2 Å². The number of likely N-dealkylation sites (N-methyl/N-ethyl adjacent to an activating group) is 1. The van der Waals surface area contributed by atoms with E-state index in [1.165, 1.54) is 5.56 Å². The molecule has 0 saturated heterocycles. The van der Waals surface area contributed by atoms with Gasteiger partial charge in [-0.25, -0.2) is 0 Å². The molecule has 0 saturated carbocycles. The average Bonchev–Trinajstić information content (AvgIpc) is 2.68. The van der Waals surface area contributed by atoms with E-state index in [9.17, 15) is 0 Å². The third-order valence-corrected chi connectivity index (χ3v) is 4.72. The minimum Gasteiger partial charge on any atom is -0.497 e. The quantitative estimate of drug-likeness (QED) is 0.645. The van der Waals surface area contributed by atoms with Gasteiger partial charge in [0.15, 0.2) is 5.11 Å². The van der Waals surface area contributed by atoms with Crippen molar-refractivity contribution in [2.75, 3.05) is 41.4 Å². The summed E-state index contributed by atoms with van der Waals surface area (Å²) in [6.45, 7) is 1.47. The first-order chi connectivity index (χ1) is 13.0. The number of thiocarbonyl (C=S) groups is 1. The van der Waals surface area contributed by atoms with Gasteiger partial charge in [-0.05, 0) is 56.5 Å². The highest BCUT2D eigenvalue weighted by atomic mass is 32.1. The molecule has 146 valence electrons. The third kappa shape index (κ3) is 6.41. The Morgan fingerprint density at radius 2 is 1.70 bits per heavy atom. The largest absolute Gasteiger partial charge is 0.497 e. The lowest BCUT2D eigenvalue weighted by Gasteiger charge is -2.27. The molecular weight excluding hydrogens is 358 g/mol. The van der Waals surface area contributed by atoms with Crippen molar-refractivity contribution in [3.05, 3.63) is 59.7 Å². The molecule has 2 aromatic carbocycles. The number of nitrogens with one attached hydrogen (secondary N) is 2. The van der Waals surface area contributed by atoms with Gasteiger partial charge in [-0.15, -0.1) is 0 Å². The van der Waals surface area contributed by atoms with Crippen LogP contribution in [0, 0.1) is 0 Å². The second-order valence-corrected chi connectivity index (χ2v) is 6.86. The van der Waals surface area contributed by atoms with Crippen LogP contribution in [0.3, 0.4) is 0 Å². The van der Waals surface area contributed by atoms with Crippen LogP contribution in [0.5, 0.6) is 11.5 Å². The smallest absolute Gasteiger partial charge is 0.166 e. The normalized spacial score (nSPS) is 11.7. The van der Waals surface area contributed by atoms with E-state index in [2.05, 4.69) is 47.8 Å². The van der Waals surface area contributed by atoms with E-state index in [4.69, 9.17) is 21.7 Å². The molecule has 0 fully saturated rings. The van der Waals surface area contributed by atoms with Crippen molar-refractivity contribution < 1.29 is 9.47 Å². The second-order valence-electron chi connectivity index (χ2n) is 6.46. The minimum atomic E-state index is 0.155. The predicted octanol–water partition coefficient (Wildman–Crippen LogP) is 3.01. The van der Waals surface area contributed by atoms with Crippen molar-refractivity contribution in [3.8, 4) is 11.5 Å². The standard InChI is InChI=1S/C21H29N3O2S/c1-24(2)19(18-7-5-6-8-20(18)26-4)15-23-21(27)22-14-13-16-9-11-17(25-3)12-10-16/h5-12,19H,13-15H2,1-4H3,(H2,22,23,27)/t19-/m1/s1. The van der Waals surface area contributed by atoms with Crippen molar-refractivity contribution in [2.45, 2.75) is 12.5 Å². The van der Waals surface area contributed by atoms with E-state index in [0.717, 1.165) is 30.0 Å². The molecule has 2 aromatic rings. The molecule has 27 heavy (non-hydrogen) atoms. The summed E-state index contributed by atoms with van der Waals surface area (Å²) < 4.78 is 10.7. The molecule has 0 amide bonds. The van der Waals surface area contributed by atoms with Gasteiger partial charge in [0.25, 0.3) is 0 Å². The fourth-order valence-electron chi connectivity index (χ4n) is 2.88. The molecule has 0 aliphatic rings. The number of ether oxygens (including phenoxy) is 2. The summed E-state index contributed by atoms with van der Waals surface area (Å²) in [4.78, 5) is 2.16. The molecule has 0 spiro atoms. The first-order valence-electron chi connectivity index (χ1n) is 8.99. The van der Waals surface area contributed by atoms with Gasteiger partial charge >= 0.3 is 0 Å². The van der Waals surface area contributed by atoms with E-state index in [1.54, 1.807) is 14.2 Å². The summed E-state index contributed by atoms with van der Waals surface area (Å²) in [5.41, 5.74) is 2.38. The third-order valence-electron chi connectivity index (χ3n) is 4.44. The fraction of sp³-hybridized carbons (Fsp3) is 0.381. The van der Waals surface area contributed by atoms with Gasteiger partial charge in [-0.2, -0.15) is 0 Å². The molecule has 6 heteroatoms. The molecule has 1 atom stereocenters. The average molecular weight is 388 g/mol. The lowest BCUT2D eigenvalue weighted by Crippen LogP contribution is -2.41. The Bertz CT molecular complexity index is 720. The van der Waals surface area contributed by atoms with Crippen LogP contribution in [0.4, 0.5) is 0 Å². The van der Waals surface area contributed by atoms with E-state index in [-0.39, 0.29) is 6.04 Å². The van der Waals surface area contributed by atoms with Crippen LogP contribution in [-0.4, -0.2) is 51.4 Å². The summed E-state index contributed by atoms with van der Waals surface area (Å²) in [5, 5.41) is 7.25. The monoisotopic (exact) mass is 387 g/mol. The minimum absolute atomic E-state index is 0.155. The Kier molecular flexibility index (Phi) is 8.36. The van der Waals surface area contributed by atoms with Gasteiger partial charge in [0.05, 0.1) is 20.3 Å². The second kappa shape index (κ2) is 10.7. The first kappa shape index (κ1) is 21.0. The summed E-state index contributed by atoms with van der Waals surface area (Å²) in [6, 6.07) is 16.3. The summed E-state index contributed by atoms with van der Waals surface area (Å²) in [7, 11) is 7.48. The van der Waals surface area contributed by atoms with Crippen molar-refractivity contribution in [1.82, 2.24) is 15.5 Å². The molecule has 0 radical (unpaired) electrons. The Labute approximate surface area is 167 Å². The first-order valence-corrected chi connectivity index (χ1v) is 9.40. The lowest BCUT2D eigenvalue weighted by atomic mass is 10.0. The fourth-order valence-corrected chi connectivity index (χ4v) is 3.06. The van der Waals surface area contributed by atoms with E-state index < -0.39 is 0 Å². The van der Waals surface area contributed by atoms with Crippen molar-refractivity contribution in [1.29, 1.82) is 0 Å². The summed E-state index contributed by atoms with van der Waals surface area (Å²) >= 11 is 5.43. The van der Waals surface area contributed by atoms with Crippen LogP contribution in [0.25, 0.3) is 0 Å². The maximum atomic E-state index is 5.50. The highest BCUT2D eigenvalue weighted by Gasteiger charge is 2.18. The van der Waals surface area contributed by atoms with Gasteiger partial charge in [-0.1, -0.05) is 30.3 Å². The van der Waals surface area contributed by atoms with Gasteiger partial charge in [0.2, 0.25) is 0 Å². The summed E-state index contributed by atoms with van der Waals surface area (Å²) in [5.74, 6) is 1.76. The number of rotatable bonds is 9. The van der Waals surface area contributed by atoms with Crippen LogP contribution in [0.2, 0.25) is 0 Å². The number of para-hydroxylation sites is 1. The molecule has 0 aromatic heterocycles. The topological polar surface area (TPSA) is 45.8 Å². The van der Waals surface area contributed by atoms with Gasteiger partial charge in [0.1, 0.15) is 11.5 Å². The van der Waals surface area contributed by atoms with E-state index in [0.29, 0.717) is 11.7 Å². The maximum absolute atomic E-state index is 5.50. The Morgan fingerprint density at radius 1 is 1.00 bits per heavy atom. The SMILES string of the molecule is COc1ccc(CCNC(=S)NC[C@H](c2ccccc2OC)N(C)C)cc1. The van der Waals surface area contributed by atoms with Crippen molar-refractivity contribution in [3.63, 3.8) is 0 Å². The molecule has 0 aliphatic carbocycles. The number of nitrogens with zero attached hydrogens (tertiary/aromatic N) is 1. The zero-order valence-corrected chi connectivity index (χ0v) is 17.3. The van der Waals surface area contributed by atoms with E-state index >= 15 is 0 Å². The van der Waals surface area contributed by atoms with Gasteiger partial charge in [0, 0.05) is 18.7 Å². The molecular formula is C21H29N3O2S. The lowest BCUT2D eigenvalue weighted by molar-refractivity contribution is 0.288. The molecule has 5 nitrogen and oxygen atoms in total. The zero-order valence-electron chi connectivity index (χ0n) is 16.5. The number of hydrogen-bond donors (Lipinski definition) is 2. The Hall–Kier alpha value is -2.31. The predicted molar refractivity (Wildman–Crippen MR) is 115 cm³/mol. The highest BCUT2D eigenvalue weighted by Crippen LogP contribution is 2.27. The Balaban J connectivity index is 1.83. The number of methoxy groups -OCH3 is 2. The van der Waals surface area contributed by atoms with Crippen LogP contribution >= 0.6 is 12.2 Å². The van der Waals surface area contributed by atoms with Crippen LogP contribution in [0.15, 0.2) is 48.5 Å². The van der Waals surface area contributed by atoms with Crippen LogP contribution < -0.4 is 20.1 Å². The molecule has 0 heterocycles. The molecule has 0 aliphatic heterocycles. The van der Waals surface area contributed by atoms with Gasteiger partial charge < -0.3 is 25.0 Å². The van der Waals surface area contributed by atoms with Crippen molar-refractivity contribution in [2.24, 2.45) is 0 Å². The van der Waals surface area contributed by atoms with Gasteiger partial charge in [-0.3, -0.25) is 0 Å². The van der Waals surface area contributed by atoms with Crippen molar-refractivity contribution >= 4 is 17.3 Å². The summed E-state index contributed by atoms with van der Waals surface area (Å²) in [6.07, 6.45) is 0.898. The number of benzene rings is 2. The van der Waals surface area contributed by atoms with E-state index in [1.807, 2.05) is 30.3 Å². The Morgan fingerprint density at radius 3 is 2.33 bits per heavy atom. The highest BCUT2D eigenvalue weighted by molar-refractivity contribution is 7.80. The number of hydrogen-bond acceptors (Lipinski definition) is 4. The zero-order chi connectivity index (χ0) is 19.6.